The van der Waals surface area contributed by atoms with Gasteiger partial charge in [0.1, 0.15) is 0 Å². The van der Waals surface area contributed by atoms with Crippen LogP contribution >= 0.6 is 11.6 Å². The summed E-state index contributed by atoms with van der Waals surface area (Å²) in [6.45, 7) is 0. The normalized spacial score (nSPS) is 11.3. The van der Waals surface area contributed by atoms with E-state index in [0.29, 0.717) is 5.02 Å². The Hall–Kier alpha value is -2.14. The van der Waals surface area contributed by atoms with Gasteiger partial charge in [-0.3, -0.25) is 9.59 Å². The zero-order valence-electron chi connectivity index (χ0n) is 11.2. The Balaban J connectivity index is 2.13. The molecule has 0 aliphatic rings. The lowest BCUT2D eigenvalue weighted by Crippen LogP contribution is -2.25. The van der Waals surface area contributed by atoms with Crippen LogP contribution in [-0.2, 0) is 4.79 Å². The second-order valence-electron chi connectivity index (χ2n) is 4.61. The molecule has 0 spiro atoms. The number of ketones is 2. The molecule has 0 atom stereocenters. The molecule has 0 aromatic heterocycles. The van der Waals surface area contributed by atoms with Crippen LogP contribution in [0.1, 0.15) is 16.8 Å². The zero-order valence-corrected chi connectivity index (χ0v) is 11.9. The fourth-order valence-corrected chi connectivity index (χ4v) is 1.97. The first kappa shape index (κ1) is 16.2. The van der Waals surface area contributed by atoms with E-state index in [1.54, 1.807) is 36.4 Å². The molecular formula is C16H10ClF3O2. The molecule has 22 heavy (non-hydrogen) atoms. The smallest absolute Gasteiger partial charge is 0.294 e. The number of Topliss-reactive ketones (excluding diaryl/α,β-unsaturated/α-hetero) is 2. The second kappa shape index (κ2) is 6.32. The van der Waals surface area contributed by atoms with E-state index in [0.717, 1.165) is 11.1 Å². The van der Waals surface area contributed by atoms with Gasteiger partial charge >= 0.3 is 6.18 Å². The Morgan fingerprint density at radius 1 is 0.864 bits per heavy atom. The topological polar surface area (TPSA) is 34.1 Å². The maximum Gasteiger partial charge on any atom is 0.450 e. The van der Waals surface area contributed by atoms with E-state index in [4.69, 9.17) is 11.6 Å². The van der Waals surface area contributed by atoms with Crippen molar-refractivity contribution < 1.29 is 22.8 Å². The van der Waals surface area contributed by atoms with Gasteiger partial charge in [-0.2, -0.15) is 13.2 Å². The summed E-state index contributed by atoms with van der Waals surface area (Å²) in [5.74, 6) is -2.90. The molecule has 0 aliphatic carbocycles. The summed E-state index contributed by atoms with van der Waals surface area (Å²) in [5, 5.41) is 0.584. The van der Waals surface area contributed by atoms with E-state index in [1.165, 1.54) is 12.1 Å². The van der Waals surface area contributed by atoms with Crippen LogP contribution in [-0.4, -0.2) is 17.7 Å². The van der Waals surface area contributed by atoms with E-state index in [-0.39, 0.29) is 5.56 Å². The van der Waals surface area contributed by atoms with Crippen LogP contribution in [0.3, 0.4) is 0 Å². The second-order valence-corrected chi connectivity index (χ2v) is 5.04. The molecule has 0 bridgehead atoms. The van der Waals surface area contributed by atoms with Gasteiger partial charge in [-0.15, -0.1) is 0 Å². The van der Waals surface area contributed by atoms with E-state index in [1.807, 2.05) is 0 Å². The van der Waals surface area contributed by atoms with Crippen molar-refractivity contribution in [2.45, 2.75) is 12.6 Å². The van der Waals surface area contributed by atoms with Crippen molar-refractivity contribution in [3.63, 3.8) is 0 Å². The Bertz CT molecular complexity index is 689. The van der Waals surface area contributed by atoms with Crippen LogP contribution in [0.2, 0.25) is 5.02 Å². The largest absolute Gasteiger partial charge is 0.450 e. The van der Waals surface area contributed by atoms with Crippen molar-refractivity contribution in [2.24, 2.45) is 0 Å². The summed E-state index contributed by atoms with van der Waals surface area (Å²) in [6, 6.07) is 13.0. The van der Waals surface area contributed by atoms with Crippen molar-refractivity contribution in [3.05, 3.63) is 59.1 Å². The summed E-state index contributed by atoms with van der Waals surface area (Å²) in [7, 11) is 0. The van der Waals surface area contributed by atoms with Gasteiger partial charge < -0.3 is 0 Å². The molecule has 114 valence electrons. The van der Waals surface area contributed by atoms with E-state index in [9.17, 15) is 22.8 Å². The Morgan fingerprint density at radius 2 is 1.32 bits per heavy atom. The van der Waals surface area contributed by atoms with Crippen LogP contribution in [0, 0.1) is 0 Å². The number of carbonyl (C=O) groups excluding carboxylic acids is 2. The molecule has 0 fully saturated rings. The van der Waals surface area contributed by atoms with E-state index < -0.39 is 24.2 Å². The molecule has 0 aliphatic heterocycles. The third kappa shape index (κ3) is 3.95. The zero-order chi connectivity index (χ0) is 16.3. The first-order chi connectivity index (χ1) is 10.3. The molecule has 0 saturated carbocycles. The minimum Gasteiger partial charge on any atom is -0.294 e. The van der Waals surface area contributed by atoms with Gasteiger partial charge in [-0.05, 0) is 23.3 Å². The fourth-order valence-electron chi connectivity index (χ4n) is 1.84. The van der Waals surface area contributed by atoms with Crippen LogP contribution in [0.25, 0.3) is 11.1 Å². The quantitative estimate of drug-likeness (QED) is 0.602. The number of rotatable bonds is 4. The predicted molar refractivity (Wildman–Crippen MR) is 76.9 cm³/mol. The highest BCUT2D eigenvalue weighted by Gasteiger charge is 2.39. The molecule has 0 heterocycles. The standard InChI is InChI=1S/C16H10ClF3O2/c17-13-7-5-11(6-8-13)10-1-3-12(4-2-10)14(21)9-15(22)16(18,19)20/h1-8H,9H2. The summed E-state index contributed by atoms with van der Waals surface area (Å²) in [5.41, 5.74) is 1.71. The monoisotopic (exact) mass is 326 g/mol. The van der Waals surface area contributed by atoms with Crippen LogP contribution in [0.15, 0.2) is 48.5 Å². The Kier molecular flexibility index (Phi) is 4.66. The van der Waals surface area contributed by atoms with Crippen LogP contribution in [0.4, 0.5) is 13.2 Å². The molecule has 0 unspecified atom stereocenters. The van der Waals surface area contributed by atoms with E-state index >= 15 is 0 Å². The van der Waals surface area contributed by atoms with Crippen molar-refractivity contribution in [1.29, 1.82) is 0 Å². The predicted octanol–water partition coefficient (Wildman–Crippen LogP) is 4.71. The maximum absolute atomic E-state index is 12.1. The summed E-state index contributed by atoms with van der Waals surface area (Å²) in [6.07, 6.45) is -6.16. The first-order valence-corrected chi connectivity index (χ1v) is 6.64. The lowest BCUT2D eigenvalue weighted by Gasteiger charge is -2.06. The van der Waals surface area contributed by atoms with E-state index in [2.05, 4.69) is 0 Å². The Morgan fingerprint density at radius 3 is 1.77 bits per heavy atom. The lowest BCUT2D eigenvalue weighted by atomic mass is 10.0. The van der Waals surface area contributed by atoms with Crippen LogP contribution < -0.4 is 0 Å². The number of halogens is 4. The first-order valence-electron chi connectivity index (χ1n) is 6.26. The minimum absolute atomic E-state index is 0.0651. The molecule has 2 rings (SSSR count). The van der Waals surface area contributed by atoms with Gasteiger partial charge in [-0.1, -0.05) is 48.0 Å². The molecular weight excluding hydrogens is 317 g/mol. The number of benzene rings is 2. The summed E-state index contributed by atoms with van der Waals surface area (Å²) >= 11 is 5.78. The van der Waals surface area contributed by atoms with Gasteiger partial charge in [0.2, 0.25) is 5.78 Å². The molecule has 2 aromatic carbocycles. The third-order valence-electron chi connectivity index (χ3n) is 3.02. The molecule has 0 amide bonds. The van der Waals surface area contributed by atoms with Crippen LogP contribution in [0.5, 0.6) is 0 Å². The highest BCUT2D eigenvalue weighted by Crippen LogP contribution is 2.23. The SMILES string of the molecule is O=C(CC(=O)C(F)(F)F)c1ccc(-c2ccc(Cl)cc2)cc1. The van der Waals surface area contributed by atoms with Gasteiger partial charge in [0, 0.05) is 10.6 Å². The van der Waals surface area contributed by atoms with Gasteiger partial charge in [0.25, 0.3) is 0 Å². The highest BCUT2D eigenvalue weighted by atomic mass is 35.5. The molecule has 0 radical (unpaired) electrons. The Labute approximate surface area is 129 Å². The average Bonchev–Trinajstić information content (AvgIpc) is 2.47. The van der Waals surface area contributed by atoms with Crippen molar-refractivity contribution >= 4 is 23.2 Å². The third-order valence-corrected chi connectivity index (χ3v) is 3.27. The van der Waals surface area contributed by atoms with Gasteiger partial charge in [-0.25, -0.2) is 0 Å². The van der Waals surface area contributed by atoms with Crippen molar-refractivity contribution in [3.8, 4) is 11.1 Å². The van der Waals surface area contributed by atoms with Crippen molar-refractivity contribution in [2.75, 3.05) is 0 Å². The minimum atomic E-state index is -4.99. The van der Waals surface area contributed by atoms with Crippen molar-refractivity contribution in [1.82, 2.24) is 0 Å². The summed E-state index contributed by atoms with van der Waals surface area (Å²) in [4.78, 5) is 22.5. The van der Waals surface area contributed by atoms with Gasteiger partial charge in [0.05, 0.1) is 6.42 Å². The number of hydrogen-bond donors (Lipinski definition) is 0. The fraction of sp³-hybridized carbons (Fsp3) is 0.125. The lowest BCUT2D eigenvalue weighted by molar-refractivity contribution is -0.170. The maximum atomic E-state index is 12.1. The molecule has 2 aromatic rings. The molecule has 0 saturated heterocycles. The number of hydrogen-bond acceptors (Lipinski definition) is 2. The number of alkyl halides is 3. The molecule has 2 nitrogen and oxygen atoms in total. The highest BCUT2D eigenvalue weighted by molar-refractivity contribution is 6.30. The molecule has 6 heteroatoms. The summed E-state index contributed by atoms with van der Waals surface area (Å²) < 4.78 is 36.4. The molecule has 0 N–H and O–H groups in total. The number of carbonyl (C=O) groups is 2. The average molecular weight is 327 g/mol. The van der Waals surface area contributed by atoms with Gasteiger partial charge in [0.15, 0.2) is 5.78 Å².